The fraction of sp³-hybridized carbons (Fsp3) is 0. The maximum atomic E-state index is 13.7. The van der Waals surface area contributed by atoms with Gasteiger partial charge in [-0.3, -0.25) is 0 Å². The molecule has 2 aromatic rings. The Bertz CT molecular complexity index is 513. The van der Waals surface area contributed by atoms with Crippen LogP contribution >= 0.6 is 0 Å². The van der Waals surface area contributed by atoms with E-state index in [-0.39, 0.29) is 11.6 Å². The van der Waals surface area contributed by atoms with E-state index in [4.69, 9.17) is 0 Å². The van der Waals surface area contributed by atoms with E-state index in [2.05, 4.69) is 6.58 Å². The summed E-state index contributed by atoms with van der Waals surface area (Å²) in [6.45, 7) is 3.64. The third-order valence-corrected chi connectivity index (χ3v) is 2.40. The molecule has 0 saturated heterocycles. The van der Waals surface area contributed by atoms with Gasteiger partial charge in [0.05, 0.1) is 0 Å². The molecule has 0 heterocycles. The summed E-state index contributed by atoms with van der Waals surface area (Å²) in [6, 6.07) is 10.5. The number of hydrogen-bond donors (Lipinski definition) is 0. The highest BCUT2D eigenvalue weighted by molar-refractivity contribution is 5.75. The van der Waals surface area contributed by atoms with Crippen LogP contribution in [-0.2, 0) is 0 Å². The minimum Gasteiger partial charge on any atom is -0.207 e. The second-order valence-electron chi connectivity index (χ2n) is 3.42. The summed E-state index contributed by atoms with van der Waals surface area (Å²) < 4.78 is 26.5. The summed E-state index contributed by atoms with van der Waals surface area (Å²) in [5, 5.41) is 0. The molecule has 0 atom stereocenters. The molecule has 0 aromatic heterocycles. The smallest absolute Gasteiger partial charge is 0.131 e. The van der Waals surface area contributed by atoms with Crippen molar-refractivity contribution in [3.8, 4) is 11.1 Å². The molecule has 0 spiro atoms. The normalized spacial score (nSPS) is 10.1. The van der Waals surface area contributed by atoms with Crippen LogP contribution in [0.25, 0.3) is 17.2 Å². The minimum atomic E-state index is -0.333. The predicted molar refractivity (Wildman–Crippen MR) is 61.9 cm³/mol. The van der Waals surface area contributed by atoms with E-state index in [0.717, 1.165) is 0 Å². The molecular weight excluding hydrogens is 206 g/mol. The van der Waals surface area contributed by atoms with Crippen LogP contribution in [0.2, 0.25) is 0 Å². The van der Waals surface area contributed by atoms with Crippen molar-refractivity contribution in [2.24, 2.45) is 0 Å². The summed E-state index contributed by atoms with van der Waals surface area (Å²) in [6.07, 6.45) is 1.59. The molecule has 0 aliphatic heterocycles. The Balaban J connectivity index is 2.63. The summed E-state index contributed by atoms with van der Waals surface area (Å²) in [5.41, 5.74) is 1.80. The van der Waals surface area contributed by atoms with Gasteiger partial charge in [-0.15, -0.1) is 0 Å². The zero-order valence-corrected chi connectivity index (χ0v) is 8.58. The standard InChI is InChI=1S/C14H10F2/c1-2-10-4-3-5-13(16)14(10)11-6-8-12(15)9-7-11/h2-9H,1H2. The van der Waals surface area contributed by atoms with E-state index in [0.29, 0.717) is 16.7 Å². The van der Waals surface area contributed by atoms with Gasteiger partial charge in [0.15, 0.2) is 0 Å². The van der Waals surface area contributed by atoms with Crippen molar-refractivity contribution in [1.82, 2.24) is 0 Å². The van der Waals surface area contributed by atoms with Crippen molar-refractivity contribution in [3.63, 3.8) is 0 Å². The van der Waals surface area contributed by atoms with Crippen LogP contribution in [-0.4, -0.2) is 0 Å². The van der Waals surface area contributed by atoms with E-state index in [1.165, 1.54) is 18.2 Å². The lowest BCUT2D eigenvalue weighted by molar-refractivity contribution is 0.625. The molecule has 0 N–H and O–H groups in total. The van der Waals surface area contributed by atoms with Gasteiger partial charge in [-0.25, -0.2) is 8.78 Å². The zero-order valence-electron chi connectivity index (χ0n) is 8.58. The van der Waals surface area contributed by atoms with E-state index in [1.807, 2.05) is 0 Å². The van der Waals surface area contributed by atoms with Crippen molar-refractivity contribution in [3.05, 3.63) is 66.2 Å². The third kappa shape index (κ3) is 1.87. The quantitative estimate of drug-likeness (QED) is 0.703. The van der Waals surface area contributed by atoms with Gasteiger partial charge in [-0.2, -0.15) is 0 Å². The fourth-order valence-corrected chi connectivity index (χ4v) is 1.63. The Morgan fingerprint density at radius 2 is 1.62 bits per heavy atom. The Morgan fingerprint density at radius 1 is 0.938 bits per heavy atom. The molecule has 0 aliphatic carbocycles. The first-order chi connectivity index (χ1) is 7.72. The molecule has 16 heavy (non-hydrogen) atoms. The lowest BCUT2D eigenvalue weighted by Crippen LogP contribution is -1.88. The topological polar surface area (TPSA) is 0 Å². The lowest BCUT2D eigenvalue weighted by Gasteiger charge is -2.07. The van der Waals surface area contributed by atoms with Crippen molar-refractivity contribution in [2.75, 3.05) is 0 Å². The van der Waals surface area contributed by atoms with Crippen LogP contribution in [0.5, 0.6) is 0 Å². The van der Waals surface area contributed by atoms with Crippen molar-refractivity contribution in [2.45, 2.75) is 0 Å². The molecule has 0 unspecified atom stereocenters. The van der Waals surface area contributed by atoms with Gasteiger partial charge in [0.25, 0.3) is 0 Å². The van der Waals surface area contributed by atoms with Crippen LogP contribution in [0, 0.1) is 11.6 Å². The molecule has 0 saturated carbocycles. The van der Waals surface area contributed by atoms with Gasteiger partial charge < -0.3 is 0 Å². The number of hydrogen-bond acceptors (Lipinski definition) is 0. The van der Waals surface area contributed by atoms with Crippen molar-refractivity contribution >= 4 is 6.08 Å². The molecule has 0 aliphatic rings. The molecule has 2 rings (SSSR count). The van der Waals surface area contributed by atoms with Crippen LogP contribution in [0.15, 0.2) is 49.0 Å². The summed E-state index contributed by atoms with van der Waals surface area (Å²) in [7, 11) is 0. The van der Waals surface area contributed by atoms with Crippen molar-refractivity contribution < 1.29 is 8.78 Å². The first-order valence-corrected chi connectivity index (χ1v) is 4.89. The molecule has 0 nitrogen and oxygen atoms in total. The monoisotopic (exact) mass is 216 g/mol. The van der Waals surface area contributed by atoms with E-state index in [1.54, 1.807) is 30.3 Å². The average molecular weight is 216 g/mol. The van der Waals surface area contributed by atoms with Crippen LogP contribution in [0.4, 0.5) is 8.78 Å². The largest absolute Gasteiger partial charge is 0.207 e. The highest BCUT2D eigenvalue weighted by atomic mass is 19.1. The lowest BCUT2D eigenvalue weighted by atomic mass is 9.99. The molecular formula is C14H10F2. The average Bonchev–Trinajstić information content (AvgIpc) is 2.30. The molecule has 0 amide bonds. The zero-order chi connectivity index (χ0) is 11.5. The maximum absolute atomic E-state index is 13.7. The maximum Gasteiger partial charge on any atom is 0.131 e. The number of halogens is 2. The van der Waals surface area contributed by atoms with E-state index >= 15 is 0 Å². The molecule has 2 heteroatoms. The fourth-order valence-electron chi connectivity index (χ4n) is 1.63. The Hall–Kier alpha value is -1.96. The highest BCUT2D eigenvalue weighted by Crippen LogP contribution is 2.27. The highest BCUT2D eigenvalue weighted by Gasteiger charge is 2.08. The second-order valence-corrected chi connectivity index (χ2v) is 3.42. The SMILES string of the molecule is C=Cc1cccc(F)c1-c1ccc(F)cc1. The Kier molecular flexibility index (Phi) is 2.82. The first kappa shape index (κ1) is 10.6. The van der Waals surface area contributed by atoms with Crippen LogP contribution in [0.3, 0.4) is 0 Å². The van der Waals surface area contributed by atoms with Gasteiger partial charge in [-0.05, 0) is 29.3 Å². The number of benzene rings is 2. The molecule has 2 aromatic carbocycles. The molecule has 80 valence electrons. The molecule has 0 bridgehead atoms. The molecule has 0 fully saturated rings. The summed E-state index contributed by atoms with van der Waals surface area (Å²) >= 11 is 0. The summed E-state index contributed by atoms with van der Waals surface area (Å²) in [5.74, 6) is -0.663. The van der Waals surface area contributed by atoms with Gasteiger partial charge in [0, 0.05) is 5.56 Å². The predicted octanol–water partition coefficient (Wildman–Crippen LogP) is 4.27. The Labute approximate surface area is 92.9 Å². The Morgan fingerprint density at radius 3 is 2.25 bits per heavy atom. The van der Waals surface area contributed by atoms with Crippen molar-refractivity contribution in [1.29, 1.82) is 0 Å². The first-order valence-electron chi connectivity index (χ1n) is 4.89. The number of rotatable bonds is 2. The van der Waals surface area contributed by atoms with Crippen LogP contribution < -0.4 is 0 Å². The minimum absolute atomic E-state index is 0.330. The van der Waals surface area contributed by atoms with Crippen LogP contribution in [0.1, 0.15) is 5.56 Å². The van der Waals surface area contributed by atoms with E-state index in [9.17, 15) is 8.78 Å². The van der Waals surface area contributed by atoms with Gasteiger partial charge >= 0.3 is 0 Å². The van der Waals surface area contributed by atoms with Gasteiger partial charge in [0.1, 0.15) is 11.6 Å². The third-order valence-electron chi connectivity index (χ3n) is 2.40. The summed E-state index contributed by atoms with van der Waals surface area (Å²) in [4.78, 5) is 0. The van der Waals surface area contributed by atoms with Gasteiger partial charge in [-0.1, -0.05) is 36.9 Å². The second kappa shape index (κ2) is 4.27. The van der Waals surface area contributed by atoms with Gasteiger partial charge in [0.2, 0.25) is 0 Å². The van der Waals surface area contributed by atoms with E-state index < -0.39 is 0 Å². The molecule has 0 radical (unpaired) electrons.